The first-order valence-electron chi connectivity index (χ1n) is 4.04. The van der Waals surface area contributed by atoms with E-state index in [9.17, 15) is 4.79 Å². The molecule has 68 valence electrons. The number of nitrogens with two attached hydrogens (primary N) is 1. The van der Waals surface area contributed by atoms with Gasteiger partial charge in [0.2, 0.25) is 0 Å². The van der Waals surface area contributed by atoms with Crippen molar-refractivity contribution in [2.24, 2.45) is 0 Å². The molecule has 5 nitrogen and oxygen atoms in total. The van der Waals surface area contributed by atoms with E-state index < -0.39 is 5.97 Å². The molecule has 5 heteroatoms. The number of hydrogen-bond donors (Lipinski definition) is 2. The van der Waals surface area contributed by atoms with Gasteiger partial charge in [0.1, 0.15) is 11.6 Å². The Hall–Kier alpha value is -1.65. The van der Waals surface area contributed by atoms with Crippen molar-refractivity contribution < 1.29 is 9.90 Å². The molecule has 0 aromatic carbocycles. The van der Waals surface area contributed by atoms with Crippen LogP contribution < -0.4 is 5.73 Å². The van der Waals surface area contributed by atoms with Crippen molar-refractivity contribution in [2.45, 2.75) is 18.8 Å². The highest BCUT2D eigenvalue weighted by Gasteiger charge is 2.27. The van der Waals surface area contributed by atoms with Gasteiger partial charge in [-0.2, -0.15) is 0 Å². The molecule has 0 amide bonds. The minimum atomic E-state index is -1.06. The number of nitrogen functional groups attached to an aromatic ring is 1. The lowest BCUT2D eigenvalue weighted by atomic mass is 10.3. The number of carboxylic acids is 1. The van der Waals surface area contributed by atoms with Crippen LogP contribution in [0.25, 0.3) is 0 Å². The van der Waals surface area contributed by atoms with Crippen LogP contribution in [0.3, 0.4) is 0 Å². The van der Waals surface area contributed by atoms with E-state index in [2.05, 4.69) is 9.97 Å². The third kappa shape index (κ3) is 1.58. The maximum atomic E-state index is 10.6. The zero-order valence-electron chi connectivity index (χ0n) is 6.90. The van der Waals surface area contributed by atoms with E-state index in [1.165, 1.54) is 6.07 Å². The van der Waals surface area contributed by atoms with E-state index >= 15 is 0 Å². The molecule has 2 rings (SSSR count). The summed E-state index contributed by atoms with van der Waals surface area (Å²) in [5.74, 6) is 0.0595. The van der Waals surface area contributed by atoms with Gasteiger partial charge in [-0.25, -0.2) is 14.8 Å². The smallest absolute Gasteiger partial charge is 0.354 e. The van der Waals surface area contributed by atoms with Gasteiger partial charge < -0.3 is 10.8 Å². The Balaban J connectivity index is 2.41. The Labute approximate surface area is 74.6 Å². The minimum Gasteiger partial charge on any atom is -0.477 e. The monoisotopic (exact) mass is 179 g/mol. The van der Waals surface area contributed by atoms with Crippen LogP contribution >= 0.6 is 0 Å². The number of nitrogens with zero attached hydrogens (tertiary/aromatic N) is 2. The third-order valence-electron chi connectivity index (χ3n) is 1.92. The SMILES string of the molecule is Nc1cc(C(=O)O)nc(C2CC2)n1. The van der Waals surface area contributed by atoms with Gasteiger partial charge in [-0.3, -0.25) is 0 Å². The Kier molecular flexibility index (Phi) is 1.65. The summed E-state index contributed by atoms with van der Waals surface area (Å²) in [7, 11) is 0. The highest BCUT2D eigenvalue weighted by molar-refractivity contribution is 5.86. The van der Waals surface area contributed by atoms with E-state index in [1.54, 1.807) is 0 Å². The summed E-state index contributed by atoms with van der Waals surface area (Å²) in [5, 5.41) is 8.69. The van der Waals surface area contributed by atoms with Crippen molar-refractivity contribution in [3.63, 3.8) is 0 Å². The lowest BCUT2D eigenvalue weighted by Gasteiger charge is -2.00. The highest BCUT2D eigenvalue weighted by atomic mass is 16.4. The van der Waals surface area contributed by atoms with Crippen LogP contribution in [-0.4, -0.2) is 21.0 Å². The van der Waals surface area contributed by atoms with Crippen LogP contribution in [0.2, 0.25) is 0 Å². The van der Waals surface area contributed by atoms with Gasteiger partial charge in [0.05, 0.1) is 0 Å². The predicted molar refractivity (Wildman–Crippen MR) is 45.4 cm³/mol. The Bertz CT molecular complexity index is 360. The van der Waals surface area contributed by atoms with Gasteiger partial charge >= 0.3 is 5.97 Å². The Morgan fingerprint density at radius 2 is 2.23 bits per heavy atom. The predicted octanol–water partition coefficient (Wildman–Crippen LogP) is 0.634. The number of rotatable bonds is 2. The molecule has 3 N–H and O–H groups in total. The maximum absolute atomic E-state index is 10.6. The number of hydrogen-bond acceptors (Lipinski definition) is 4. The average molecular weight is 179 g/mol. The molecule has 0 unspecified atom stereocenters. The number of carbonyl (C=O) groups is 1. The van der Waals surface area contributed by atoms with Crippen molar-refractivity contribution in [2.75, 3.05) is 5.73 Å². The minimum absolute atomic E-state index is 0.0191. The summed E-state index contributed by atoms with van der Waals surface area (Å²) in [5.41, 5.74) is 5.43. The molecule has 1 aliphatic rings. The first kappa shape index (κ1) is 7.97. The molecule has 0 saturated heterocycles. The first-order chi connectivity index (χ1) is 6.16. The fourth-order valence-corrected chi connectivity index (χ4v) is 1.12. The van der Waals surface area contributed by atoms with E-state index in [-0.39, 0.29) is 11.5 Å². The van der Waals surface area contributed by atoms with Crippen molar-refractivity contribution in [3.05, 3.63) is 17.6 Å². The molecule has 1 aromatic rings. The molecule has 0 radical (unpaired) electrons. The van der Waals surface area contributed by atoms with Crippen molar-refractivity contribution >= 4 is 11.8 Å². The summed E-state index contributed by atoms with van der Waals surface area (Å²) in [4.78, 5) is 18.5. The largest absolute Gasteiger partial charge is 0.477 e. The van der Waals surface area contributed by atoms with Gasteiger partial charge in [-0.05, 0) is 12.8 Å². The number of carboxylic acid groups (broad SMARTS) is 1. The number of aromatic nitrogens is 2. The summed E-state index contributed by atoms with van der Waals surface area (Å²) >= 11 is 0. The molecule has 0 spiro atoms. The molecule has 1 heterocycles. The van der Waals surface area contributed by atoms with E-state index in [0.717, 1.165) is 12.8 Å². The van der Waals surface area contributed by atoms with Crippen LogP contribution in [0.15, 0.2) is 6.07 Å². The molecular formula is C8H9N3O2. The van der Waals surface area contributed by atoms with Crippen molar-refractivity contribution in [1.82, 2.24) is 9.97 Å². The molecule has 0 bridgehead atoms. The molecule has 0 atom stereocenters. The average Bonchev–Trinajstić information content (AvgIpc) is 2.85. The van der Waals surface area contributed by atoms with Gasteiger partial charge in [0.25, 0.3) is 0 Å². The highest BCUT2D eigenvalue weighted by Crippen LogP contribution is 2.38. The summed E-state index contributed by atoms with van der Waals surface area (Å²) in [6.45, 7) is 0. The lowest BCUT2D eigenvalue weighted by molar-refractivity contribution is 0.0690. The Morgan fingerprint density at radius 1 is 1.54 bits per heavy atom. The summed E-state index contributed by atoms with van der Waals surface area (Å²) < 4.78 is 0. The molecule has 1 aliphatic carbocycles. The second-order valence-corrected chi connectivity index (χ2v) is 3.12. The van der Waals surface area contributed by atoms with Gasteiger partial charge in [0.15, 0.2) is 5.69 Å². The molecular weight excluding hydrogens is 170 g/mol. The van der Waals surface area contributed by atoms with Gasteiger partial charge in [-0.15, -0.1) is 0 Å². The van der Waals surface area contributed by atoms with Crippen LogP contribution in [0.5, 0.6) is 0 Å². The zero-order chi connectivity index (χ0) is 9.42. The van der Waals surface area contributed by atoms with Crippen molar-refractivity contribution in [1.29, 1.82) is 0 Å². The molecule has 1 aromatic heterocycles. The summed E-state index contributed by atoms with van der Waals surface area (Å²) in [6, 6.07) is 1.27. The third-order valence-corrected chi connectivity index (χ3v) is 1.92. The summed E-state index contributed by atoms with van der Waals surface area (Å²) in [6.07, 6.45) is 2.06. The standard InChI is InChI=1S/C8H9N3O2/c9-6-3-5(8(12)13)10-7(11-6)4-1-2-4/h3-4H,1-2H2,(H,12,13)(H2,9,10,11). The van der Waals surface area contributed by atoms with Crippen molar-refractivity contribution in [3.8, 4) is 0 Å². The van der Waals surface area contributed by atoms with Crippen LogP contribution in [0.1, 0.15) is 35.1 Å². The fourth-order valence-electron chi connectivity index (χ4n) is 1.12. The Morgan fingerprint density at radius 3 is 2.77 bits per heavy atom. The number of anilines is 1. The van der Waals surface area contributed by atoms with E-state index in [4.69, 9.17) is 10.8 Å². The molecule has 13 heavy (non-hydrogen) atoms. The second-order valence-electron chi connectivity index (χ2n) is 3.12. The first-order valence-corrected chi connectivity index (χ1v) is 4.04. The molecule has 1 fully saturated rings. The van der Waals surface area contributed by atoms with E-state index in [0.29, 0.717) is 11.7 Å². The molecule has 1 saturated carbocycles. The second kappa shape index (κ2) is 2.69. The van der Waals surface area contributed by atoms with E-state index in [1.807, 2.05) is 0 Å². The lowest BCUT2D eigenvalue weighted by Crippen LogP contribution is -2.07. The van der Waals surface area contributed by atoms with Crippen LogP contribution in [-0.2, 0) is 0 Å². The van der Waals surface area contributed by atoms with Crippen LogP contribution in [0.4, 0.5) is 5.82 Å². The molecule has 0 aliphatic heterocycles. The van der Waals surface area contributed by atoms with Gasteiger partial charge in [-0.1, -0.05) is 0 Å². The maximum Gasteiger partial charge on any atom is 0.354 e. The number of aromatic carboxylic acids is 1. The zero-order valence-corrected chi connectivity index (χ0v) is 6.90. The fraction of sp³-hybridized carbons (Fsp3) is 0.375. The quantitative estimate of drug-likeness (QED) is 0.695. The van der Waals surface area contributed by atoms with Gasteiger partial charge in [0, 0.05) is 12.0 Å². The van der Waals surface area contributed by atoms with Crippen LogP contribution in [0, 0.1) is 0 Å². The normalized spacial score (nSPS) is 15.7. The topological polar surface area (TPSA) is 89.1 Å².